The van der Waals surface area contributed by atoms with Gasteiger partial charge in [0.2, 0.25) is 0 Å². The van der Waals surface area contributed by atoms with Gasteiger partial charge in [0.15, 0.2) is 0 Å². The molecule has 0 radical (unpaired) electrons. The molecule has 1 saturated carbocycles. The van der Waals surface area contributed by atoms with Crippen molar-refractivity contribution >= 4 is 10.1 Å². The van der Waals surface area contributed by atoms with Crippen molar-refractivity contribution in [1.29, 1.82) is 0 Å². The molecule has 0 aromatic heterocycles. The first-order chi connectivity index (χ1) is 13.4. The molecule has 1 heterocycles. The van der Waals surface area contributed by atoms with Crippen molar-refractivity contribution in [1.82, 2.24) is 4.90 Å². The molecule has 150 valence electrons. The number of rotatable bonds is 6. The molecule has 2 aromatic carbocycles. The average Bonchev–Trinajstić information content (AvgIpc) is 3.12. The third-order valence-corrected chi connectivity index (χ3v) is 8.14. The molecule has 1 saturated heterocycles. The van der Waals surface area contributed by atoms with E-state index in [1.54, 1.807) is 0 Å². The topological polar surface area (TPSA) is 57.6 Å². The van der Waals surface area contributed by atoms with Crippen LogP contribution in [0.5, 0.6) is 0 Å². The van der Waals surface area contributed by atoms with Crippen LogP contribution < -0.4 is 0 Å². The van der Waals surface area contributed by atoms with Crippen LogP contribution in [0.2, 0.25) is 0 Å². The molecule has 0 unspecified atom stereocenters. The van der Waals surface area contributed by atoms with Gasteiger partial charge in [-0.15, -0.1) is 0 Å². The number of hydrogen-bond donors (Lipinski definition) is 1. The Kier molecular flexibility index (Phi) is 5.34. The Morgan fingerprint density at radius 3 is 2.29 bits per heavy atom. The van der Waals surface area contributed by atoms with Gasteiger partial charge in [-0.05, 0) is 80.3 Å². The van der Waals surface area contributed by atoms with Crippen molar-refractivity contribution in [2.45, 2.75) is 50.3 Å². The third-order valence-electron chi connectivity index (χ3n) is 6.59. The molecule has 0 amide bonds. The number of nitrogens with zero attached hydrogens (tertiary/aromatic N) is 1. The van der Waals surface area contributed by atoms with Crippen molar-refractivity contribution in [2.75, 3.05) is 13.1 Å². The van der Waals surface area contributed by atoms with Crippen LogP contribution in [-0.4, -0.2) is 31.0 Å². The van der Waals surface area contributed by atoms with Crippen molar-refractivity contribution in [2.24, 2.45) is 5.92 Å². The summed E-state index contributed by atoms with van der Waals surface area (Å²) in [5.41, 5.74) is 4.42. The second-order valence-electron chi connectivity index (χ2n) is 8.55. The Bertz CT molecular complexity index is 925. The highest BCUT2D eigenvalue weighted by Gasteiger charge is 2.54. The molecule has 4 rings (SSSR count). The van der Waals surface area contributed by atoms with E-state index in [1.165, 1.54) is 29.5 Å². The van der Waals surface area contributed by atoms with E-state index in [9.17, 15) is 13.0 Å². The first-order valence-electron chi connectivity index (χ1n) is 10.2. The highest BCUT2D eigenvalue weighted by molar-refractivity contribution is 7.86. The van der Waals surface area contributed by atoms with Crippen molar-refractivity contribution in [3.63, 3.8) is 0 Å². The lowest BCUT2D eigenvalue weighted by Crippen LogP contribution is -2.48. The molecule has 5 heteroatoms. The fourth-order valence-electron chi connectivity index (χ4n) is 4.88. The molecule has 2 aromatic rings. The van der Waals surface area contributed by atoms with Gasteiger partial charge in [0.05, 0.1) is 0 Å². The van der Waals surface area contributed by atoms with Crippen LogP contribution in [0.3, 0.4) is 0 Å². The molecule has 0 bridgehead atoms. The Balaban J connectivity index is 1.49. The van der Waals surface area contributed by atoms with Crippen LogP contribution in [0, 0.1) is 12.8 Å². The molecular formula is C23H29NO3S. The van der Waals surface area contributed by atoms with E-state index in [2.05, 4.69) is 24.0 Å². The van der Waals surface area contributed by atoms with Gasteiger partial charge < -0.3 is 0 Å². The maximum atomic E-state index is 12.3. The minimum absolute atomic E-state index is 0.271. The molecule has 1 N–H and O–H groups in total. The van der Waals surface area contributed by atoms with Crippen LogP contribution >= 0.6 is 0 Å². The fraction of sp³-hybridized carbons (Fsp3) is 0.478. The summed E-state index contributed by atoms with van der Waals surface area (Å²) in [5.74, 6) is 0.271. The fourth-order valence-corrected chi connectivity index (χ4v) is 6.20. The van der Waals surface area contributed by atoms with Gasteiger partial charge in [-0.3, -0.25) is 9.45 Å². The summed E-state index contributed by atoms with van der Waals surface area (Å²) in [7, 11) is -4.16. The van der Waals surface area contributed by atoms with E-state index in [0.29, 0.717) is 12.8 Å². The standard InChI is InChI=1S/C23H29NO3S/c1-18-6-2-3-7-21(18)14-20-15-23(16-20,28(25,26)27)22-10-8-19(9-11-22)17-24-12-4-5-13-24/h2-3,6-11,20H,4-5,12-17H2,1H3,(H,25,26,27). The predicted octanol–water partition coefficient (Wildman–Crippen LogP) is 4.33. The Hall–Kier alpha value is -1.69. The third kappa shape index (κ3) is 3.76. The van der Waals surface area contributed by atoms with Gasteiger partial charge in [-0.2, -0.15) is 8.42 Å². The van der Waals surface area contributed by atoms with Crippen molar-refractivity contribution < 1.29 is 13.0 Å². The van der Waals surface area contributed by atoms with Crippen LogP contribution in [0.4, 0.5) is 0 Å². The molecule has 4 nitrogen and oxygen atoms in total. The maximum Gasteiger partial charge on any atom is 0.274 e. The van der Waals surface area contributed by atoms with E-state index in [4.69, 9.17) is 0 Å². The predicted molar refractivity (Wildman–Crippen MR) is 112 cm³/mol. The highest BCUT2D eigenvalue weighted by atomic mass is 32.2. The van der Waals surface area contributed by atoms with Gasteiger partial charge in [-0.25, -0.2) is 0 Å². The summed E-state index contributed by atoms with van der Waals surface area (Å²) in [6, 6.07) is 16.1. The summed E-state index contributed by atoms with van der Waals surface area (Å²) in [6.07, 6.45) is 4.33. The van der Waals surface area contributed by atoms with Crippen LogP contribution in [-0.2, 0) is 27.8 Å². The van der Waals surface area contributed by atoms with Gasteiger partial charge in [0.1, 0.15) is 4.75 Å². The van der Waals surface area contributed by atoms with Crippen molar-refractivity contribution in [3.8, 4) is 0 Å². The average molecular weight is 400 g/mol. The zero-order chi connectivity index (χ0) is 19.8. The second-order valence-corrected chi connectivity index (χ2v) is 10.3. The highest BCUT2D eigenvalue weighted by Crippen LogP contribution is 2.52. The molecule has 1 aliphatic heterocycles. The molecule has 0 spiro atoms. The van der Waals surface area contributed by atoms with Crippen LogP contribution in [0.15, 0.2) is 48.5 Å². The lowest BCUT2D eigenvalue weighted by Gasteiger charge is -2.45. The summed E-state index contributed by atoms with van der Waals surface area (Å²) in [6.45, 7) is 5.27. The SMILES string of the molecule is Cc1ccccc1CC1CC(c2ccc(CN3CCCC3)cc2)(S(=O)(=O)O)C1. The lowest BCUT2D eigenvalue weighted by molar-refractivity contribution is 0.203. The largest absolute Gasteiger partial charge is 0.299 e. The Morgan fingerprint density at radius 1 is 1.04 bits per heavy atom. The Morgan fingerprint density at radius 2 is 1.68 bits per heavy atom. The van der Waals surface area contributed by atoms with E-state index < -0.39 is 14.9 Å². The zero-order valence-electron chi connectivity index (χ0n) is 16.5. The number of benzene rings is 2. The Labute approximate surface area is 168 Å². The zero-order valence-corrected chi connectivity index (χ0v) is 17.3. The number of likely N-dealkylation sites (tertiary alicyclic amines) is 1. The summed E-state index contributed by atoms with van der Waals surface area (Å²) in [5, 5.41) is 0. The molecule has 28 heavy (non-hydrogen) atoms. The quantitative estimate of drug-likeness (QED) is 0.735. The van der Waals surface area contributed by atoms with E-state index in [-0.39, 0.29) is 5.92 Å². The maximum absolute atomic E-state index is 12.3. The minimum atomic E-state index is -4.16. The van der Waals surface area contributed by atoms with Crippen LogP contribution in [0.1, 0.15) is 47.9 Å². The summed E-state index contributed by atoms with van der Waals surface area (Å²) < 4.78 is 33.5. The molecule has 2 fully saturated rings. The molecule has 2 aliphatic rings. The van der Waals surface area contributed by atoms with Crippen molar-refractivity contribution in [3.05, 3.63) is 70.8 Å². The smallest absolute Gasteiger partial charge is 0.274 e. The molecule has 1 aliphatic carbocycles. The number of aryl methyl sites for hydroxylation is 1. The van der Waals surface area contributed by atoms with Gasteiger partial charge in [0.25, 0.3) is 10.1 Å². The molecular weight excluding hydrogens is 370 g/mol. The normalized spacial score (nSPS) is 25.6. The lowest BCUT2D eigenvalue weighted by atomic mass is 9.68. The minimum Gasteiger partial charge on any atom is -0.299 e. The van der Waals surface area contributed by atoms with Crippen LogP contribution in [0.25, 0.3) is 0 Å². The summed E-state index contributed by atoms with van der Waals surface area (Å²) >= 11 is 0. The second kappa shape index (κ2) is 7.62. The summed E-state index contributed by atoms with van der Waals surface area (Å²) in [4.78, 5) is 2.43. The first-order valence-corrected chi connectivity index (χ1v) is 11.6. The van der Waals surface area contributed by atoms with Gasteiger partial charge in [0, 0.05) is 6.54 Å². The molecule has 0 atom stereocenters. The first kappa shape index (κ1) is 19.6. The van der Waals surface area contributed by atoms with E-state index >= 15 is 0 Å². The monoisotopic (exact) mass is 399 g/mol. The van der Waals surface area contributed by atoms with E-state index in [1.807, 2.05) is 36.4 Å². The van der Waals surface area contributed by atoms with Gasteiger partial charge >= 0.3 is 0 Å². The van der Waals surface area contributed by atoms with E-state index in [0.717, 1.165) is 31.6 Å². The number of hydrogen-bond acceptors (Lipinski definition) is 3. The van der Waals surface area contributed by atoms with Gasteiger partial charge in [-0.1, -0.05) is 48.5 Å².